The van der Waals surface area contributed by atoms with E-state index >= 15 is 0 Å². The van der Waals surface area contributed by atoms with Crippen LogP contribution in [0.4, 0.5) is 0 Å². The van der Waals surface area contributed by atoms with Gasteiger partial charge in [-0.15, -0.1) is 0 Å². The fourth-order valence-corrected chi connectivity index (χ4v) is 3.29. The molecule has 20 heavy (non-hydrogen) atoms. The minimum Gasteiger partial charge on any atom is -0.379 e. The fourth-order valence-electron chi connectivity index (χ4n) is 3.29. The van der Waals surface area contributed by atoms with Gasteiger partial charge < -0.3 is 14.2 Å². The Labute approximate surface area is 121 Å². The number of rotatable bonds is 4. The van der Waals surface area contributed by atoms with Crippen molar-refractivity contribution in [2.24, 2.45) is 7.05 Å². The maximum absolute atomic E-state index is 5.39. The molecule has 0 aliphatic carbocycles. The van der Waals surface area contributed by atoms with Crippen molar-refractivity contribution >= 4 is 0 Å². The number of hydrogen-bond donors (Lipinski definition) is 0. The highest BCUT2D eigenvalue weighted by molar-refractivity contribution is 5.01. The lowest BCUT2D eigenvalue weighted by molar-refractivity contribution is 0.0320. The lowest BCUT2D eigenvalue weighted by Gasteiger charge is -2.34. The molecule has 0 atom stereocenters. The number of hydrogen-bond acceptors (Lipinski definition) is 4. The first-order valence-electron chi connectivity index (χ1n) is 7.82. The minimum atomic E-state index is 0.648. The molecule has 112 valence electrons. The van der Waals surface area contributed by atoms with Crippen molar-refractivity contribution in [3.63, 3.8) is 0 Å². The molecule has 0 radical (unpaired) electrons. The molecule has 2 saturated heterocycles. The molecule has 0 N–H and O–H groups in total. The molecule has 0 spiro atoms. The summed E-state index contributed by atoms with van der Waals surface area (Å²) in [5.41, 5.74) is 0. The average Bonchev–Trinajstić information content (AvgIpc) is 2.93. The lowest BCUT2D eigenvalue weighted by Crippen LogP contribution is -2.43. The number of likely N-dealkylation sites (tertiary alicyclic amines) is 1. The van der Waals surface area contributed by atoms with Gasteiger partial charge in [0, 0.05) is 51.5 Å². The monoisotopic (exact) mass is 278 g/mol. The molecule has 5 heteroatoms. The molecule has 0 saturated carbocycles. The Balaban J connectivity index is 1.41. The second-order valence-corrected chi connectivity index (χ2v) is 5.97. The van der Waals surface area contributed by atoms with Crippen LogP contribution in [0.3, 0.4) is 0 Å². The Kier molecular flexibility index (Phi) is 4.70. The van der Waals surface area contributed by atoms with Gasteiger partial charge in [-0.2, -0.15) is 0 Å². The molecular weight excluding hydrogens is 252 g/mol. The summed E-state index contributed by atoms with van der Waals surface area (Å²) in [7, 11) is 2.10. The number of nitrogens with zero attached hydrogens (tertiary/aromatic N) is 4. The van der Waals surface area contributed by atoms with E-state index < -0.39 is 0 Å². The zero-order valence-corrected chi connectivity index (χ0v) is 12.5. The SMILES string of the molecule is Cn1ccnc1C1CCN(CCN2CCOCC2)CC1. The van der Waals surface area contributed by atoms with Crippen LogP contribution < -0.4 is 0 Å². The highest BCUT2D eigenvalue weighted by Gasteiger charge is 2.23. The molecule has 1 aromatic rings. The first-order chi connectivity index (χ1) is 9.83. The standard InChI is InChI=1S/C15H26N4O/c1-17-7-4-16-15(17)14-2-5-18(6-3-14)8-9-19-10-12-20-13-11-19/h4,7,14H,2-3,5-6,8-13H2,1H3. The van der Waals surface area contributed by atoms with Crippen LogP contribution in [0, 0.1) is 0 Å². The van der Waals surface area contributed by atoms with E-state index in [-0.39, 0.29) is 0 Å². The number of aryl methyl sites for hydroxylation is 1. The topological polar surface area (TPSA) is 33.5 Å². The van der Waals surface area contributed by atoms with E-state index in [4.69, 9.17) is 4.74 Å². The van der Waals surface area contributed by atoms with Gasteiger partial charge in [-0.25, -0.2) is 4.98 Å². The summed E-state index contributed by atoms with van der Waals surface area (Å²) in [6, 6.07) is 0. The third-order valence-electron chi connectivity index (χ3n) is 4.65. The van der Waals surface area contributed by atoms with E-state index in [1.165, 1.54) is 44.8 Å². The number of aromatic nitrogens is 2. The first-order valence-corrected chi connectivity index (χ1v) is 7.82. The van der Waals surface area contributed by atoms with E-state index in [0.29, 0.717) is 5.92 Å². The van der Waals surface area contributed by atoms with Crippen LogP contribution >= 0.6 is 0 Å². The van der Waals surface area contributed by atoms with E-state index in [1.807, 2.05) is 6.20 Å². The highest BCUT2D eigenvalue weighted by atomic mass is 16.5. The van der Waals surface area contributed by atoms with Crippen molar-refractivity contribution in [3.8, 4) is 0 Å². The van der Waals surface area contributed by atoms with E-state index in [1.54, 1.807) is 0 Å². The second-order valence-electron chi connectivity index (χ2n) is 5.97. The van der Waals surface area contributed by atoms with Gasteiger partial charge in [0.1, 0.15) is 5.82 Å². The van der Waals surface area contributed by atoms with Gasteiger partial charge in [0.2, 0.25) is 0 Å². The minimum absolute atomic E-state index is 0.648. The Morgan fingerprint density at radius 3 is 2.35 bits per heavy atom. The van der Waals surface area contributed by atoms with Gasteiger partial charge in [-0.05, 0) is 25.9 Å². The Hall–Kier alpha value is -0.910. The van der Waals surface area contributed by atoms with Crippen LogP contribution in [0.15, 0.2) is 12.4 Å². The van der Waals surface area contributed by atoms with E-state index in [9.17, 15) is 0 Å². The van der Waals surface area contributed by atoms with E-state index in [0.717, 1.165) is 26.3 Å². The quantitative estimate of drug-likeness (QED) is 0.820. The number of ether oxygens (including phenoxy) is 1. The van der Waals surface area contributed by atoms with Crippen LogP contribution in [0.5, 0.6) is 0 Å². The molecule has 0 amide bonds. The third-order valence-corrected chi connectivity index (χ3v) is 4.65. The zero-order valence-electron chi connectivity index (χ0n) is 12.5. The number of piperidine rings is 1. The van der Waals surface area contributed by atoms with Crippen LogP contribution in [0.25, 0.3) is 0 Å². The molecule has 1 aromatic heterocycles. The summed E-state index contributed by atoms with van der Waals surface area (Å²) < 4.78 is 7.57. The van der Waals surface area contributed by atoms with Gasteiger partial charge >= 0.3 is 0 Å². The molecule has 0 aromatic carbocycles. The Bertz CT molecular complexity index is 406. The van der Waals surface area contributed by atoms with Crippen molar-refractivity contribution in [1.82, 2.24) is 19.4 Å². The molecule has 5 nitrogen and oxygen atoms in total. The van der Waals surface area contributed by atoms with Crippen LogP contribution in [-0.2, 0) is 11.8 Å². The van der Waals surface area contributed by atoms with Crippen LogP contribution in [0.1, 0.15) is 24.6 Å². The molecule has 3 rings (SSSR count). The Morgan fingerprint density at radius 1 is 1.10 bits per heavy atom. The first kappa shape index (κ1) is 14.0. The lowest BCUT2D eigenvalue weighted by atomic mass is 9.96. The van der Waals surface area contributed by atoms with Crippen molar-refractivity contribution in [1.29, 1.82) is 0 Å². The third kappa shape index (κ3) is 3.40. The number of morpholine rings is 1. The summed E-state index contributed by atoms with van der Waals surface area (Å²) in [6.45, 7) is 8.82. The summed E-state index contributed by atoms with van der Waals surface area (Å²) >= 11 is 0. The van der Waals surface area contributed by atoms with Gasteiger partial charge in [0.05, 0.1) is 13.2 Å². The van der Waals surface area contributed by atoms with Crippen molar-refractivity contribution in [2.45, 2.75) is 18.8 Å². The van der Waals surface area contributed by atoms with Crippen LogP contribution in [0.2, 0.25) is 0 Å². The molecule has 0 unspecified atom stereocenters. The molecule has 2 aliphatic rings. The molecule has 2 aliphatic heterocycles. The number of imidazole rings is 1. The van der Waals surface area contributed by atoms with Crippen LogP contribution in [-0.4, -0.2) is 71.8 Å². The molecule has 3 heterocycles. The van der Waals surface area contributed by atoms with Gasteiger partial charge in [0.15, 0.2) is 0 Å². The van der Waals surface area contributed by atoms with Crippen molar-refractivity contribution in [2.75, 3.05) is 52.5 Å². The molecular formula is C15H26N4O. The molecule has 2 fully saturated rings. The highest BCUT2D eigenvalue weighted by Crippen LogP contribution is 2.26. The predicted octanol–water partition coefficient (Wildman–Crippen LogP) is 0.932. The summed E-state index contributed by atoms with van der Waals surface area (Å²) in [4.78, 5) is 9.63. The zero-order chi connectivity index (χ0) is 13.8. The summed E-state index contributed by atoms with van der Waals surface area (Å²) in [5.74, 6) is 1.91. The van der Waals surface area contributed by atoms with Crippen molar-refractivity contribution in [3.05, 3.63) is 18.2 Å². The molecule has 0 bridgehead atoms. The normalized spacial score (nSPS) is 23.2. The summed E-state index contributed by atoms with van der Waals surface area (Å²) in [6.07, 6.45) is 6.46. The van der Waals surface area contributed by atoms with Gasteiger partial charge in [0.25, 0.3) is 0 Å². The second kappa shape index (κ2) is 6.70. The van der Waals surface area contributed by atoms with Gasteiger partial charge in [-0.1, -0.05) is 0 Å². The fraction of sp³-hybridized carbons (Fsp3) is 0.800. The average molecular weight is 278 g/mol. The largest absolute Gasteiger partial charge is 0.379 e. The van der Waals surface area contributed by atoms with Crippen molar-refractivity contribution < 1.29 is 4.74 Å². The maximum atomic E-state index is 5.39. The Morgan fingerprint density at radius 2 is 1.75 bits per heavy atom. The van der Waals surface area contributed by atoms with E-state index in [2.05, 4.69) is 32.6 Å². The van der Waals surface area contributed by atoms with Gasteiger partial charge in [-0.3, -0.25) is 4.90 Å². The summed E-state index contributed by atoms with van der Waals surface area (Å²) in [5, 5.41) is 0. The maximum Gasteiger partial charge on any atom is 0.111 e. The predicted molar refractivity (Wildman–Crippen MR) is 78.9 cm³/mol. The smallest absolute Gasteiger partial charge is 0.111 e.